The number of hydrogen-bond acceptors (Lipinski definition) is 2. The molecule has 1 amide bonds. The van der Waals surface area contributed by atoms with E-state index in [4.69, 9.17) is 11.6 Å². The molecule has 1 aromatic carbocycles. The number of nitrogens with zero attached hydrogens (tertiary/aromatic N) is 1. The number of carbonyl (C=O) groups excluding carboxylic acids is 1. The number of carbonyl (C=O) groups is 2. The maximum absolute atomic E-state index is 13.4. The zero-order chi connectivity index (χ0) is 15.8. The molecule has 6 heteroatoms. The van der Waals surface area contributed by atoms with Crippen molar-refractivity contribution in [1.82, 2.24) is 4.90 Å². The number of carboxylic acid groups (broad SMARTS) is 1. The lowest BCUT2D eigenvalue weighted by Gasteiger charge is -2.28. The highest BCUT2D eigenvalue weighted by atomic mass is 35.5. The second-order valence-corrected chi connectivity index (χ2v) is 6.13. The van der Waals surface area contributed by atoms with Gasteiger partial charge in [0.15, 0.2) is 0 Å². The molecule has 1 unspecified atom stereocenters. The van der Waals surface area contributed by atoms with E-state index in [0.29, 0.717) is 13.0 Å². The molecule has 0 spiro atoms. The summed E-state index contributed by atoms with van der Waals surface area (Å²) in [6, 6.07) is 3.86. The smallest absolute Gasteiger partial charge is 0.311 e. The van der Waals surface area contributed by atoms with Gasteiger partial charge in [-0.3, -0.25) is 9.59 Å². The van der Waals surface area contributed by atoms with Gasteiger partial charge in [0.2, 0.25) is 0 Å². The van der Waals surface area contributed by atoms with E-state index < -0.39 is 17.2 Å². The quantitative estimate of drug-likeness (QED) is 0.933. The number of halogens is 2. The van der Waals surface area contributed by atoms with Crippen molar-refractivity contribution in [2.45, 2.75) is 20.3 Å². The minimum Gasteiger partial charge on any atom is -0.481 e. The van der Waals surface area contributed by atoms with Crippen LogP contribution in [0.25, 0.3) is 0 Å². The molecule has 1 heterocycles. The van der Waals surface area contributed by atoms with Crippen LogP contribution in [-0.2, 0) is 4.79 Å². The fourth-order valence-corrected chi connectivity index (χ4v) is 2.83. The second-order valence-electron chi connectivity index (χ2n) is 5.72. The Bertz CT molecular complexity index is 590. The lowest BCUT2D eigenvalue weighted by Crippen LogP contribution is -2.40. The maximum atomic E-state index is 13.4. The van der Waals surface area contributed by atoms with Crippen molar-refractivity contribution in [2.24, 2.45) is 11.3 Å². The van der Waals surface area contributed by atoms with Gasteiger partial charge in [-0.15, -0.1) is 0 Å². The van der Waals surface area contributed by atoms with Crippen molar-refractivity contribution in [3.05, 3.63) is 34.6 Å². The average molecular weight is 314 g/mol. The topological polar surface area (TPSA) is 57.6 Å². The Morgan fingerprint density at radius 1 is 1.43 bits per heavy atom. The standard InChI is InChI=1S/C15H17ClFNO3/c1-9(2)15(14(20)21)5-6-18(8-15)13(19)10-3-4-11(16)12(17)7-10/h3-4,7,9H,5-6,8H2,1-2H3,(H,20,21). The Labute approximate surface area is 127 Å². The van der Waals surface area contributed by atoms with Gasteiger partial charge in [-0.25, -0.2) is 4.39 Å². The van der Waals surface area contributed by atoms with E-state index in [1.807, 2.05) is 13.8 Å². The summed E-state index contributed by atoms with van der Waals surface area (Å²) >= 11 is 5.60. The fourth-order valence-electron chi connectivity index (χ4n) is 2.71. The zero-order valence-corrected chi connectivity index (χ0v) is 12.7. The third-order valence-electron chi connectivity index (χ3n) is 4.29. The summed E-state index contributed by atoms with van der Waals surface area (Å²) in [6.45, 7) is 4.17. The molecule has 0 saturated carbocycles. The predicted octanol–water partition coefficient (Wildman–Crippen LogP) is 3.05. The van der Waals surface area contributed by atoms with Gasteiger partial charge in [0.1, 0.15) is 5.82 Å². The number of likely N-dealkylation sites (tertiary alicyclic amines) is 1. The molecule has 21 heavy (non-hydrogen) atoms. The van der Waals surface area contributed by atoms with Crippen molar-refractivity contribution in [1.29, 1.82) is 0 Å². The largest absolute Gasteiger partial charge is 0.481 e. The van der Waals surface area contributed by atoms with Crippen molar-refractivity contribution in [3.8, 4) is 0 Å². The molecule has 1 atom stereocenters. The molecule has 1 aliphatic heterocycles. The van der Waals surface area contributed by atoms with Gasteiger partial charge in [-0.2, -0.15) is 0 Å². The molecule has 114 valence electrons. The van der Waals surface area contributed by atoms with Gasteiger partial charge in [0.05, 0.1) is 10.4 Å². The van der Waals surface area contributed by atoms with E-state index in [1.165, 1.54) is 17.0 Å². The van der Waals surface area contributed by atoms with Crippen LogP contribution >= 0.6 is 11.6 Å². The van der Waals surface area contributed by atoms with Crippen LogP contribution in [0.5, 0.6) is 0 Å². The summed E-state index contributed by atoms with van der Waals surface area (Å²) < 4.78 is 13.4. The molecule has 1 saturated heterocycles. The monoisotopic (exact) mass is 313 g/mol. The minimum atomic E-state index is -0.930. The van der Waals surface area contributed by atoms with E-state index in [2.05, 4.69) is 0 Å². The van der Waals surface area contributed by atoms with Crippen molar-refractivity contribution >= 4 is 23.5 Å². The Morgan fingerprint density at radius 2 is 2.10 bits per heavy atom. The van der Waals surface area contributed by atoms with Gasteiger partial charge < -0.3 is 10.0 Å². The first-order chi connectivity index (χ1) is 9.78. The van der Waals surface area contributed by atoms with E-state index in [9.17, 15) is 19.1 Å². The second kappa shape index (κ2) is 5.64. The van der Waals surface area contributed by atoms with Gasteiger partial charge in [0, 0.05) is 18.7 Å². The third kappa shape index (κ3) is 2.75. The Hall–Kier alpha value is -1.62. The van der Waals surface area contributed by atoms with Crippen LogP contribution in [0.15, 0.2) is 18.2 Å². The first-order valence-electron chi connectivity index (χ1n) is 6.75. The molecule has 0 bridgehead atoms. The molecule has 1 aromatic rings. The predicted molar refractivity (Wildman–Crippen MR) is 76.8 cm³/mol. The Morgan fingerprint density at radius 3 is 2.57 bits per heavy atom. The Balaban J connectivity index is 2.22. The highest BCUT2D eigenvalue weighted by Gasteiger charge is 2.48. The molecule has 4 nitrogen and oxygen atoms in total. The number of carboxylic acids is 1. The molecule has 0 aliphatic carbocycles. The van der Waals surface area contributed by atoms with Crippen LogP contribution in [0.4, 0.5) is 4.39 Å². The molecule has 1 fully saturated rings. The SMILES string of the molecule is CC(C)C1(C(=O)O)CCN(C(=O)c2ccc(Cl)c(F)c2)C1. The molecule has 0 aromatic heterocycles. The fraction of sp³-hybridized carbons (Fsp3) is 0.467. The Kier molecular flexibility index (Phi) is 4.23. The number of hydrogen-bond donors (Lipinski definition) is 1. The number of amides is 1. The number of aliphatic carboxylic acids is 1. The lowest BCUT2D eigenvalue weighted by atomic mass is 9.76. The molecule has 2 rings (SSSR count). The summed E-state index contributed by atoms with van der Waals surface area (Å²) in [6.07, 6.45) is 0.405. The van der Waals surface area contributed by atoms with Crippen molar-refractivity contribution in [2.75, 3.05) is 13.1 Å². The normalized spacial score (nSPS) is 21.9. The average Bonchev–Trinajstić information content (AvgIpc) is 2.87. The molecular weight excluding hydrogens is 297 g/mol. The van der Waals surface area contributed by atoms with Gasteiger partial charge >= 0.3 is 5.97 Å². The molecular formula is C15H17ClFNO3. The summed E-state index contributed by atoms with van der Waals surface area (Å²) in [4.78, 5) is 25.4. The number of rotatable bonds is 3. The van der Waals surface area contributed by atoms with Crippen LogP contribution in [-0.4, -0.2) is 35.0 Å². The zero-order valence-electron chi connectivity index (χ0n) is 11.9. The van der Waals surface area contributed by atoms with Gasteiger partial charge in [-0.1, -0.05) is 25.4 Å². The van der Waals surface area contributed by atoms with Gasteiger partial charge in [0.25, 0.3) is 5.91 Å². The lowest BCUT2D eigenvalue weighted by molar-refractivity contribution is -0.150. The van der Waals surface area contributed by atoms with Crippen LogP contribution in [0.2, 0.25) is 5.02 Å². The first kappa shape index (κ1) is 15.8. The summed E-state index contributed by atoms with van der Waals surface area (Å²) in [7, 11) is 0. The van der Waals surface area contributed by atoms with Crippen molar-refractivity contribution in [3.63, 3.8) is 0 Å². The third-order valence-corrected chi connectivity index (χ3v) is 4.59. The highest BCUT2D eigenvalue weighted by Crippen LogP contribution is 2.38. The van der Waals surface area contributed by atoms with E-state index in [0.717, 1.165) is 6.07 Å². The van der Waals surface area contributed by atoms with Crippen LogP contribution in [0.3, 0.4) is 0 Å². The van der Waals surface area contributed by atoms with Crippen LogP contribution in [0, 0.1) is 17.2 Å². The van der Waals surface area contributed by atoms with Gasteiger partial charge in [-0.05, 0) is 30.5 Å². The highest BCUT2D eigenvalue weighted by molar-refractivity contribution is 6.30. The van der Waals surface area contributed by atoms with Crippen LogP contribution < -0.4 is 0 Å². The summed E-state index contributed by atoms with van der Waals surface area (Å²) in [5.74, 6) is -2.01. The van der Waals surface area contributed by atoms with E-state index in [1.54, 1.807) is 0 Å². The number of benzene rings is 1. The van der Waals surface area contributed by atoms with E-state index in [-0.39, 0.29) is 29.0 Å². The van der Waals surface area contributed by atoms with Crippen molar-refractivity contribution < 1.29 is 19.1 Å². The summed E-state index contributed by atoms with van der Waals surface area (Å²) in [5.41, 5.74) is -0.748. The van der Waals surface area contributed by atoms with E-state index >= 15 is 0 Å². The molecule has 1 aliphatic rings. The van der Waals surface area contributed by atoms with Crippen LogP contribution in [0.1, 0.15) is 30.6 Å². The summed E-state index contributed by atoms with van der Waals surface area (Å²) in [5, 5.41) is 9.42. The minimum absolute atomic E-state index is 0.0463. The molecule has 1 N–H and O–H groups in total. The first-order valence-corrected chi connectivity index (χ1v) is 7.13. The maximum Gasteiger partial charge on any atom is 0.311 e. The molecule has 0 radical (unpaired) electrons.